The number of carbonyl (C=O) groups excluding carboxylic acids is 1. The van der Waals surface area contributed by atoms with Crippen LogP contribution in [0.15, 0.2) is 24.4 Å². The first kappa shape index (κ1) is 15.2. The molecule has 0 aromatic carbocycles. The Kier molecular flexibility index (Phi) is 4.76. The minimum absolute atomic E-state index is 0.253. The van der Waals surface area contributed by atoms with Gasteiger partial charge < -0.3 is 9.64 Å². The molecule has 4 nitrogen and oxygen atoms in total. The van der Waals surface area contributed by atoms with Crippen LogP contribution in [0.1, 0.15) is 12.1 Å². The van der Waals surface area contributed by atoms with E-state index in [1.54, 1.807) is 18.0 Å². The van der Waals surface area contributed by atoms with E-state index in [4.69, 9.17) is 4.74 Å². The highest BCUT2D eigenvalue weighted by atomic mass is 32.2. The SMILES string of the molecule is CSCC(=O)N1CC2(C[C@@H](OCc3ccccn3)CS2)C1. The molecule has 114 valence electrons. The molecule has 6 heteroatoms. The highest BCUT2D eigenvalue weighted by Gasteiger charge is 2.50. The van der Waals surface area contributed by atoms with Crippen LogP contribution in [0.2, 0.25) is 0 Å². The molecule has 0 radical (unpaired) electrons. The van der Waals surface area contributed by atoms with Crippen LogP contribution in [0.3, 0.4) is 0 Å². The lowest BCUT2D eigenvalue weighted by atomic mass is 9.93. The van der Waals surface area contributed by atoms with Gasteiger partial charge in [0.1, 0.15) is 0 Å². The first-order valence-electron chi connectivity index (χ1n) is 7.13. The van der Waals surface area contributed by atoms with Crippen LogP contribution in [-0.2, 0) is 16.1 Å². The molecule has 21 heavy (non-hydrogen) atoms. The Hall–Kier alpha value is -0.720. The van der Waals surface area contributed by atoms with Gasteiger partial charge in [-0.25, -0.2) is 0 Å². The molecule has 2 fully saturated rings. The van der Waals surface area contributed by atoms with Gasteiger partial charge in [-0.15, -0.1) is 11.8 Å². The molecular weight excluding hydrogens is 304 g/mol. The maximum atomic E-state index is 11.8. The summed E-state index contributed by atoms with van der Waals surface area (Å²) in [6, 6.07) is 5.89. The van der Waals surface area contributed by atoms with Gasteiger partial charge in [-0.2, -0.15) is 11.8 Å². The topological polar surface area (TPSA) is 42.4 Å². The van der Waals surface area contributed by atoms with Crippen LogP contribution in [-0.4, -0.2) is 57.5 Å². The highest BCUT2D eigenvalue weighted by Crippen LogP contribution is 2.46. The van der Waals surface area contributed by atoms with Gasteiger partial charge in [-0.1, -0.05) is 6.07 Å². The van der Waals surface area contributed by atoms with Gasteiger partial charge in [0, 0.05) is 25.0 Å². The van der Waals surface area contributed by atoms with Crippen molar-refractivity contribution in [3.63, 3.8) is 0 Å². The molecule has 0 N–H and O–H groups in total. The zero-order chi connectivity index (χ0) is 14.7. The maximum absolute atomic E-state index is 11.8. The van der Waals surface area contributed by atoms with E-state index in [2.05, 4.69) is 4.98 Å². The standard InChI is InChI=1S/C15H20N2O2S2/c1-20-9-14(18)17-10-15(11-17)6-13(8-21-15)19-7-12-4-2-3-5-16-12/h2-5,13H,6-11H2,1H3/t13-/m1/s1. The van der Waals surface area contributed by atoms with E-state index in [0.717, 1.165) is 31.0 Å². The number of carbonyl (C=O) groups is 1. The summed E-state index contributed by atoms with van der Waals surface area (Å²) in [6.45, 7) is 2.36. The van der Waals surface area contributed by atoms with Crippen molar-refractivity contribution in [2.45, 2.75) is 23.9 Å². The molecule has 1 aromatic rings. The zero-order valence-electron chi connectivity index (χ0n) is 12.2. The molecule has 1 aromatic heterocycles. The Morgan fingerprint density at radius 2 is 2.43 bits per heavy atom. The molecule has 1 amide bonds. The Bertz CT molecular complexity index is 492. The Morgan fingerprint density at radius 3 is 3.14 bits per heavy atom. The fourth-order valence-electron chi connectivity index (χ4n) is 2.86. The first-order chi connectivity index (χ1) is 10.2. The number of aromatic nitrogens is 1. The average Bonchev–Trinajstić information content (AvgIpc) is 2.89. The second-order valence-electron chi connectivity index (χ2n) is 5.64. The van der Waals surface area contributed by atoms with E-state index in [0.29, 0.717) is 12.4 Å². The van der Waals surface area contributed by atoms with Crippen molar-refractivity contribution in [2.24, 2.45) is 0 Å². The van der Waals surface area contributed by atoms with Crippen LogP contribution >= 0.6 is 23.5 Å². The summed E-state index contributed by atoms with van der Waals surface area (Å²) >= 11 is 3.56. The van der Waals surface area contributed by atoms with Gasteiger partial charge in [-0.3, -0.25) is 9.78 Å². The third kappa shape index (κ3) is 3.55. The van der Waals surface area contributed by atoms with Gasteiger partial charge in [-0.05, 0) is 24.8 Å². The number of amides is 1. The van der Waals surface area contributed by atoms with Crippen LogP contribution in [0.25, 0.3) is 0 Å². The number of nitrogens with zero attached hydrogens (tertiary/aromatic N) is 2. The molecule has 0 bridgehead atoms. The van der Waals surface area contributed by atoms with Gasteiger partial charge in [0.15, 0.2) is 0 Å². The van der Waals surface area contributed by atoms with E-state index < -0.39 is 0 Å². The lowest BCUT2D eigenvalue weighted by molar-refractivity contribution is -0.133. The normalized spacial score (nSPS) is 23.3. The zero-order valence-corrected chi connectivity index (χ0v) is 13.8. The quantitative estimate of drug-likeness (QED) is 0.829. The summed E-state index contributed by atoms with van der Waals surface area (Å²) in [7, 11) is 0. The molecule has 2 aliphatic heterocycles. The van der Waals surface area contributed by atoms with Crippen molar-refractivity contribution in [3.8, 4) is 0 Å². The fraction of sp³-hybridized carbons (Fsp3) is 0.600. The number of ether oxygens (including phenoxy) is 1. The smallest absolute Gasteiger partial charge is 0.232 e. The summed E-state index contributed by atoms with van der Waals surface area (Å²) in [6.07, 6.45) is 5.10. The summed E-state index contributed by atoms with van der Waals surface area (Å²) in [5, 5.41) is 0. The summed E-state index contributed by atoms with van der Waals surface area (Å²) in [5.74, 6) is 1.89. The molecule has 0 unspecified atom stereocenters. The van der Waals surface area contributed by atoms with E-state index in [1.807, 2.05) is 41.1 Å². The average molecular weight is 324 g/mol. The van der Waals surface area contributed by atoms with Crippen molar-refractivity contribution in [2.75, 3.05) is 30.9 Å². The van der Waals surface area contributed by atoms with Crippen LogP contribution in [0.5, 0.6) is 0 Å². The van der Waals surface area contributed by atoms with Crippen LogP contribution < -0.4 is 0 Å². The lowest BCUT2D eigenvalue weighted by Crippen LogP contribution is -2.61. The number of likely N-dealkylation sites (tertiary alicyclic amines) is 1. The molecular formula is C15H20N2O2S2. The third-order valence-corrected chi connectivity index (χ3v) is 6.06. The number of thioether (sulfide) groups is 2. The van der Waals surface area contributed by atoms with Gasteiger partial charge >= 0.3 is 0 Å². The monoisotopic (exact) mass is 324 g/mol. The molecule has 2 aliphatic rings. The van der Waals surface area contributed by atoms with E-state index in [9.17, 15) is 4.79 Å². The second kappa shape index (κ2) is 6.58. The van der Waals surface area contributed by atoms with E-state index >= 15 is 0 Å². The fourth-order valence-corrected chi connectivity index (χ4v) is 4.84. The molecule has 1 atom stereocenters. The number of hydrogen-bond donors (Lipinski definition) is 0. The second-order valence-corrected chi connectivity index (χ2v) is 7.99. The summed E-state index contributed by atoms with van der Waals surface area (Å²) in [5.41, 5.74) is 0.980. The van der Waals surface area contributed by atoms with Gasteiger partial charge in [0.2, 0.25) is 5.91 Å². The lowest BCUT2D eigenvalue weighted by Gasteiger charge is -2.47. The molecule has 1 spiro atoms. The minimum Gasteiger partial charge on any atom is -0.371 e. The largest absolute Gasteiger partial charge is 0.371 e. The summed E-state index contributed by atoms with van der Waals surface area (Å²) in [4.78, 5) is 18.1. The van der Waals surface area contributed by atoms with Gasteiger partial charge in [0.05, 0.1) is 28.9 Å². The first-order valence-corrected chi connectivity index (χ1v) is 9.51. The van der Waals surface area contributed by atoms with Crippen molar-refractivity contribution < 1.29 is 9.53 Å². The molecule has 0 aliphatic carbocycles. The predicted molar refractivity (Wildman–Crippen MR) is 87.6 cm³/mol. The van der Waals surface area contributed by atoms with Crippen molar-refractivity contribution in [1.29, 1.82) is 0 Å². The van der Waals surface area contributed by atoms with Crippen molar-refractivity contribution in [1.82, 2.24) is 9.88 Å². The van der Waals surface area contributed by atoms with E-state index in [1.165, 1.54) is 0 Å². The highest BCUT2D eigenvalue weighted by molar-refractivity contribution is 8.01. The van der Waals surface area contributed by atoms with Crippen molar-refractivity contribution in [3.05, 3.63) is 30.1 Å². The number of hydrogen-bond acceptors (Lipinski definition) is 5. The molecule has 0 saturated carbocycles. The van der Waals surface area contributed by atoms with Crippen LogP contribution in [0.4, 0.5) is 0 Å². The van der Waals surface area contributed by atoms with Crippen LogP contribution in [0, 0.1) is 0 Å². The van der Waals surface area contributed by atoms with E-state index in [-0.39, 0.29) is 16.8 Å². The third-order valence-electron chi connectivity index (χ3n) is 3.95. The Morgan fingerprint density at radius 1 is 1.57 bits per heavy atom. The maximum Gasteiger partial charge on any atom is 0.232 e. The summed E-state index contributed by atoms with van der Waals surface area (Å²) < 4.78 is 6.23. The number of rotatable bonds is 5. The Balaban J connectivity index is 1.43. The predicted octanol–water partition coefficient (Wildman–Crippen LogP) is 2.05. The molecule has 3 heterocycles. The van der Waals surface area contributed by atoms with Crippen molar-refractivity contribution >= 4 is 29.4 Å². The number of pyridine rings is 1. The Labute approximate surface area is 134 Å². The molecule has 2 saturated heterocycles. The molecule has 3 rings (SSSR count). The minimum atomic E-state index is 0.253. The van der Waals surface area contributed by atoms with Gasteiger partial charge in [0.25, 0.3) is 0 Å².